The van der Waals surface area contributed by atoms with Gasteiger partial charge in [-0.05, 0) is 24.1 Å². The second-order valence-electron chi connectivity index (χ2n) is 3.71. The van der Waals surface area contributed by atoms with Crippen molar-refractivity contribution in [1.82, 2.24) is 0 Å². The third-order valence-corrected chi connectivity index (χ3v) is 1.93. The maximum absolute atomic E-state index is 13.1. The van der Waals surface area contributed by atoms with Crippen molar-refractivity contribution in [2.45, 2.75) is 33.6 Å². The molecule has 0 aliphatic carbocycles. The molecule has 1 amide bonds. The number of halogens is 1. The van der Waals surface area contributed by atoms with Crippen molar-refractivity contribution in [3.05, 3.63) is 29.1 Å². The van der Waals surface area contributed by atoms with Gasteiger partial charge in [-0.3, -0.25) is 4.79 Å². The van der Waals surface area contributed by atoms with Gasteiger partial charge in [-0.15, -0.1) is 0 Å². The van der Waals surface area contributed by atoms with E-state index in [2.05, 4.69) is 19.2 Å². The maximum Gasteiger partial charge on any atom is 0.228 e. The standard InChI is InChI=1S/C9H8FNO.C3H8.H2/c1-5-2-6-4-8(12)11-9(6)7(10)3-5;1-3-2;/h2-3H,4H2,1H3,(H,11,12);3H2,1-2H3;1H. The van der Waals surface area contributed by atoms with Gasteiger partial charge in [0.1, 0.15) is 5.82 Å². The number of benzene rings is 1. The summed E-state index contributed by atoms with van der Waals surface area (Å²) in [5.74, 6) is -0.467. The van der Waals surface area contributed by atoms with Crippen molar-refractivity contribution >= 4 is 11.6 Å². The molecular weight excluding hydrogens is 193 g/mol. The number of fused-ring (bicyclic) bond motifs is 1. The largest absolute Gasteiger partial charge is 0.323 e. The van der Waals surface area contributed by atoms with Gasteiger partial charge in [0.25, 0.3) is 0 Å². The predicted molar refractivity (Wildman–Crippen MR) is 61.5 cm³/mol. The Morgan fingerprint density at radius 1 is 1.47 bits per heavy atom. The van der Waals surface area contributed by atoms with Gasteiger partial charge in [-0.25, -0.2) is 4.39 Å². The van der Waals surface area contributed by atoms with E-state index in [1.807, 2.05) is 13.0 Å². The van der Waals surface area contributed by atoms with Crippen molar-refractivity contribution < 1.29 is 10.6 Å². The third kappa shape index (κ3) is 2.78. The van der Waals surface area contributed by atoms with Gasteiger partial charge >= 0.3 is 0 Å². The Hall–Kier alpha value is -1.38. The Morgan fingerprint density at radius 3 is 2.67 bits per heavy atom. The quantitative estimate of drug-likeness (QED) is 0.701. The first-order valence-electron chi connectivity index (χ1n) is 5.17. The van der Waals surface area contributed by atoms with Crippen molar-refractivity contribution in [3.8, 4) is 0 Å². The second kappa shape index (κ2) is 4.91. The highest BCUT2D eigenvalue weighted by atomic mass is 19.1. The topological polar surface area (TPSA) is 29.1 Å². The number of nitrogens with one attached hydrogen (secondary N) is 1. The molecule has 1 N–H and O–H groups in total. The minimum absolute atomic E-state index is 0. The van der Waals surface area contributed by atoms with Gasteiger partial charge in [0.2, 0.25) is 5.91 Å². The van der Waals surface area contributed by atoms with Crippen molar-refractivity contribution in [2.24, 2.45) is 0 Å². The summed E-state index contributed by atoms with van der Waals surface area (Å²) in [6.45, 7) is 6.06. The van der Waals surface area contributed by atoms with Gasteiger partial charge < -0.3 is 5.32 Å². The van der Waals surface area contributed by atoms with Crippen LogP contribution in [0, 0.1) is 12.7 Å². The summed E-state index contributed by atoms with van der Waals surface area (Å²) < 4.78 is 13.1. The van der Waals surface area contributed by atoms with Crippen LogP contribution in [0.1, 0.15) is 32.8 Å². The summed E-state index contributed by atoms with van der Waals surface area (Å²) in [5.41, 5.74) is 1.96. The average molecular weight is 211 g/mol. The maximum atomic E-state index is 13.1. The van der Waals surface area contributed by atoms with E-state index in [9.17, 15) is 9.18 Å². The summed E-state index contributed by atoms with van der Waals surface area (Å²) in [6, 6.07) is 3.25. The summed E-state index contributed by atoms with van der Waals surface area (Å²) in [6.07, 6.45) is 1.55. The van der Waals surface area contributed by atoms with Crippen molar-refractivity contribution in [3.63, 3.8) is 0 Å². The molecule has 0 saturated heterocycles. The zero-order valence-corrected chi connectivity index (χ0v) is 9.36. The van der Waals surface area contributed by atoms with Crippen molar-refractivity contribution in [1.29, 1.82) is 0 Å². The normalized spacial score (nSPS) is 12.7. The molecule has 1 aromatic rings. The number of hydrogen-bond donors (Lipinski definition) is 1. The molecule has 0 aromatic heterocycles. The number of carbonyl (C=O) groups is 1. The van der Waals surface area contributed by atoms with Gasteiger partial charge in [-0.1, -0.05) is 26.3 Å². The molecule has 0 fully saturated rings. The van der Waals surface area contributed by atoms with E-state index >= 15 is 0 Å². The molecule has 1 heterocycles. The molecule has 1 aromatic carbocycles. The highest BCUT2D eigenvalue weighted by Crippen LogP contribution is 2.27. The Morgan fingerprint density at radius 2 is 2.07 bits per heavy atom. The van der Waals surface area contributed by atoms with Gasteiger partial charge in [0.05, 0.1) is 12.1 Å². The van der Waals surface area contributed by atoms with Gasteiger partial charge in [0.15, 0.2) is 0 Å². The molecule has 0 unspecified atom stereocenters. The van der Waals surface area contributed by atoms with Crippen molar-refractivity contribution in [2.75, 3.05) is 5.32 Å². The highest BCUT2D eigenvalue weighted by Gasteiger charge is 2.20. The van der Waals surface area contributed by atoms with E-state index in [4.69, 9.17) is 0 Å². The van der Waals surface area contributed by atoms with Crippen LogP contribution < -0.4 is 5.32 Å². The van der Waals surface area contributed by atoms with E-state index < -0.39 is 0 Å². The molecule has 15 heavy (non-hydrogen) atoms. The number of carbonyl (C=O) groups excluding carboxylic acids is 1. The van der Waals surface area contributed by atoms with Gasteiger partial charge in [0, 0.05) is 1.43 Å². The number of amides is 1. The van der Waals surface area contributed by atoms with Crippen LogP contribution in [-0.2, 0) is 11.2 Å². The highest BCUT2D eigenvalue weighted by molar-refractivity contribution is 5.99. The molecule has 1 aliphatic heterocycles. The number of hydrogen-bond acceptors (Lipinski definition) is 1. The molecule has 0 radical (unpaired) electrons. The lowest BCUT2D eigenvalue weighted by molar-refractivity contribution is -0.115. The molecule has 1 aliphatic rings. The fraction of sp³-hybridized carbons (Fsp3) is 0.417. The molecule has 2 rings (SSSR count). The molecule has 2 nitrogen and oxygen atoms in total. The van der Waals surface area contributed by atoms with Crippen LogP contribution in [0.3, 0.4) is 0 Å². The van der Waals surface area contributed by atoms with Crippen LogP contribution in [0.4, 0.5) is 10.1 Å². The lowest BCUT2D eigenvalue weighted by Crippen LogP contribution is -2.04. The predicted octanol–water partition coefficient (Wildman–Crippen LogP) is 3.29. The first-order chi connectivity index (χ1) is 7.08. The van der Waals surface area contributed by atoms with Crippen LogP contribution in [0.2, 0.25) is 0 Å². The van der Waals surface area contributed by atoms with E-state index in [-0.39, 0.29) is 13.2 Å². The fourth-order valence-corrected chi connectivity index (χ4v) is 1.45. The molecule has 0 saturated carbocycles. The number of aryl methyl sites for hydroxylation is 1. The lowest BCUT2D eigenvalue weighted by atomic mass is 10.1. The molecular formula is C12H18FNO. The summed E-state index contributed by atoms with van der Waals surface area (Å²) >= 11 is 0. The Labute approximate surface area is 91.0 Å². The fourth-order valence-electron chi connectivity index (χ4n) is 1.45. The first-order valence-corrected chi connectivity index (χ1v) is 5.17. The Balaban J connectivity index is 0.000000511. The summed E-state index contributed by atoms with van der Waals surface area (Å²) in [7, 11) is 0. The van der Waals surface area contributed by atoms with E-state index in [1.165, 1.54) is 12.5 Å². The third-order valence-electron chi connectivity index (χ3n) is 1.93. The SMILES string of the molecule is CCC.Cc1cc(F)c2c(c1)CC(=O)N2.[HH]. The smallest absolute Gasteiger partial charge is 0.228 e. The Bertz CT molecular complexity index is 380. The van der Waals surface area contributed by atoms with E-state index in [0.29, 0.717) is 12.1 Å². The molecule has 0 bridgehead atoms. The summed E-state index contributed by atoms with van der Waals surface area (Å²) in [4.78, 5) is 10.9. The molecule has 84 valence electrons. The first kappa shape index (κ1) is 11.7. The molecule has 3 heteroatoms. The number of anilines is 1. The summed E-state index contributed by atoms with van der Waals surface area (Å²) in [5, 5.41) is 2.48. The minimum Gasteiger partial charge on any atom is -0.323 e. The zero-order chi connectivity index (χ0) is 11.4. The molecule has 0 atom stereocenters. The van der Waals surface area contributed by atoms with Crippen LogP contribution in [-0.4, -0.2) is 5.91 Å². The number of rotatable bonds is 0. The monoisotopic (exact) mass is 211 g/mol. The lowest BCUT2D eigenvalue weighted by Gasteiger charge is -2.00. The van der Waals surface area contributed by atoms with Crippen LogP contribution in [0.25, 0.3) is 0 Å². The minimum atomic E-state index is -0.337. The van der Waals surface area contributed by atoms with Crippen LogP contribution in [0.5, 0.6) is 0 Å². The zero-order valence-electron chi connectivity index (χ0n) is 9.36. The van der Waals surface area contributed by atoms with E-state index in [1.54, 1.807) is 0 Å². The molecule has 0 spiro atoms. The second-order valence-corrected chi connectivity index (χ2v) is 3.71. The van der Waals surface area contributed by atoms with Gasteiger partial charge in [-0.2, -0.15) is 0 Å². The van der Waals surface area contributed by atoms with E-state index in [0.717, 1.165) is 11.1 Å². The average Bonchev–Trinajstić information content (AvgIpc) is 2.47. The Kier molecular flexibility index (Phi) is 3.83. The van der Waals surface area contributed by atoms with Crippen LogP contribution in [0.15, 0.2) is 12.1 Å². The van der Waals surface area contributed by atoms with Crippen LogP contribution >= 0.6 is 0 Å².